The molecule has 0 bridgehead atoms. The number of benzene rings is 2. The van der Waals surface area contributed by atoms with Crippen LogP contribution in [0.3, 0.4) is 0 Å². The van der Waals surface area contributed by atoms with Gasteiger partial charge in [-0.25, -0.2) is 0 Å². The summed E-state index contributed by atoms with van der Waals surface area (Å²) in [6.45, 7) is 0.263. The Bertz CT molecular complexity index is 564. The van der Waals surface area contributed by atoms with E-state index in [1.165, 1.54) is 10.6 Å². The highest BCUT2D eigenvalue weighted by molar-refractivity contribution is 8.23. The molecule has 2 aromatic carbocycles. The molecule has 0 atom stereocenters. The molecule has 0 aliphatic carbocycles. The molecule has 0 aliphatic rings. The molecule has 2 rings (SSSR count). The van der Waals surface area contributed by atoms with Crippen molar-refractivity contribution in [3.63, 3.8) is 0 Å². The van der Waals surface area contributed by atoms with Crippen LogP contribution in [-0.2, 0) is 11.8 Å². The zero-order valence-electron chi connectivity index (χ0n) is 12.1. The van der Waals surface area contributed by atoms with Gasteiger partial charge in [0, 0.05) is 12.6 Å². The Hall–Kier alpha value is -1.21. The molecule has 0 spiro atoms. The van der Waals surface area contributed by atoms with Gasteiger partial charge in [-0.15, -0.1) is 0 Å². The quantitative estimate of drug-likeness (QED) is 0.619. The molecule has 0 radical (unpaired) electrons. The maximum Gasteiger partial charge on any atom is 0.0431 e. The topological polar surface area (TPSA) is 20.2 Å². The molecule has 1 nitrogen and oxygen atoms in total. The van der Waals surface area contributed by atoms with Crippen molar-refractivity contribution in [2.75, 3.05) is 6.61 Å². The maximum atomic E-state index is 8.84. The van der Waals surface area contributed by atoms with Crippen molar-refractivity contribution in [2.45, 2.75) is 19.3 Å². The fourth-order valence-electron chi connectivity index (χ4n) is 2.22. The molecule has 2 aromatic rings. The highest BCUT2D eigenvalue weighted by Gasteiger charge is 2.18. The van der Waals surface area contributed by atoms with Crippen LogP contribution >= 0.6 is 6.04 Å². The van der Waals surface area contributed by atoms with Gasteiger partial charge in [-0.3, -0.25) is 0 Å². The second-order valence-corrected chi connectivity index (χ2v) is 9.31. The van der Waals surface area contributed by atoms with E-state index in [2.05, 4.69) is 60.4 Å². The van der Waals surface area contributed by atoms with Crippen molar-refractivity contribution in [2.24, 2.45) is 0 Å². The highest BCUT2D eigenvalue weighted by atomic mass is 32.4. The molecule has 0 unspecified atom stereocenters. The average Bonchev–Trinajstić information content (AvgIpc) is 2.56. The van der Waals surface area contributed by atoms with Gasteiger partial charge in [0.2, 0.25) is 0 Å². The lowest BCUT2D eigenvalue weighted by molar-refractivity contribution is 0.285. The SMILES string of the molecule is OCCCC/C=C/P(=S)(c1ccccc1)c1ccccc1. The van der Waals surface area contributed by atoms with Crippen LogP contribution in [0.25, 0.3) is 0 Å². The fourth-order valence-corrected chi connectivity index (χ4v) is 5.52. The van der Waals surface area contributed by atoms with Crippen LogP contribution in [0, 0.1) is 0 Å². The fraction of sp³-hybridized carbons (Fsp3) is 0.222. The number of aliphatic hydroxyl groups excluding tert-OH is 1. The molecule has 21 heavy (non-hydrogen) atoms. The molecule has 110 valence electrons. The van der Waals surface area contributed by atoms with Crippen LogP contribution in [0.15, 0.2) is 72.6 Å². The van der Waals surface area contributed by atoms with E-state index in [0.29, 0.717) is 0 Å². The summed E-state index contributed by atoms with van der Waals surface area (Å²) in [6, 6.07) is 18.9. The molecule has 0 heterocycles. The number of hydrogen-bond acceptors (Lipinski definition) is 2. The van der Waals surface area contributed by atoms with Crippen molar-refractivity contribution < 1.29 is 5.11 Å². The van der Waals surface area contributed by atoms with E-state index >= 15 is 0 Å². The first-order valence-corrected chi connectivity index (χ1v) is 10.1. The van der Waals surface area contributed by atoms with Gasteiger partial charge in [0.15, 0.2) is 0 Å². The smallest absolute Gasteiger partial charge is 0.0431 e. The second kappa shape index (κ2) is 8.29. The zero-order valence-corrected chi connectivity index (χ0v) is 13.8. The lowest BCUT2D eigenvalue weighted by Gasteiger charge is -2.19. The summed E-state index contributed by atoms with van der Waals surface area (Å²) < 4.78 is 0. The van der Waals surface area contributed by atoms with E-state index in [0.717, 1.165) is 19.3 Å². The second-order valence-electron chi connectivity index (χ2n) is 4.93. The van der Waals surface area contributed by atoms with Gasteiger partial charge in [-0.05, 0) is 35.7 Å². The Kier molecular flexibility index (Phi) is 6.38. The van der Waals surface area contributed by atoms with E-state index in [-0.39, 0.29) is 6.61 Å². The molecular weight excluding hydrogens is 295 g/mol. The van der Waals surface area contributed by atoms with Gasteiger partial charge in [0.25, 0.3) is 0 Å². The summed E-state index contributed by atoms with van der Waals surface area (Å²) in [7, 11) is 0. The summed E-state index contributed by atoms with van der Waals surface area (Å²) in [6.07, 6.45) is 5.02. The summed E-state index contributed by atoms with van der Waals surface area (Å²) in [5.41, 5.74) is 0. The predicted octanol–water partition coefficient (Wildman–Crippen LogP) is 3.79. The van der Waals surface area contributed by atoms with Crippen molar-refractivity contribution in [1.29, 1.82) is 0 Å². The summed E-state index contributed by atoms with van der Waals surface area (Å²) >= 11 is 6.09. The molecule has 0 amide bonds. The first kappa shape index (κ1) is 16.2. The number of aliphatic hydroxyl groups is 1. The Morgan fingerprint density at radius 3 is 1.86 bits per heavy atom. The standard InChI is InChI=1S/C18H21OPS/c19-15-9-1-2-10-16-20(21,17-11-5-3-6-12-17)18-13-7-4-8-14-18/h3-8,10-14,16,19H,1-2,9,15H2/b16-10+. The van der Waals surface area contributed by atoms with Gasteiger partial charge in [0.05, 0.1) is 0 Å². The van der Waals surface area contributed by atoms with E-state index in [1.54, 1.807) is 0 Å². The number of rotatable bonds is 7. The summed E-state index contributed by atoms with van der Waals surface area (Å²) in [5, 5.41) is 11.3. The third kappa shape index (κ3) is 4.38. The number of hydrogen-bond donors (Lipinski definition) is 1. The number of allylic oxidation sites excluding steroid dienone is 1. The monoisotopic (exact) mass is 316 g/mol. The van der Waals surface area contributed by atoms with Crippen molar-refractivity contribution in [1.82, 2.24) is 0 Å². The molecule has 0 saturated heterocycles. The van der Waals surface area contributed by atoms with Crippen molar-refractivity contribution in [3.8, 4) is 0 Å². The minimum atomic E-state index is -1.88. The lowest BCUT2D eigenvalue weighted by atomic mass is 10.2. The first-order valence-electron chi connectivity index (χ1n) is 7.27. The van der Waals surface area contributed by atoms with E-state index in [1.807, 2.05) is 12.1 Å². The predicted molar refractivity (Wildman–Crippen MR) is 96.5 cm³/mol. The zero-order chi connectivity index (χ0) is 15.0. The van der Waals surface area contributed by atoms with Crippen LogP contribution in [0.4, 0.5) is 0 Å². The molecule has 3 heteroatoms. The van der Waals surface area contributed by atoms with Crippen LogP contribution in [0.1, 0.15) is 19.3 Å². The highest BCUT2D eigenvalue weighted by Crippen LogP contribution is 2.45. The molecule has 0 fully saturated rings. The van der Waals surface area contributed by atoms with Crippen LogP contribution in [0.2, 0.25) is 0 Å². The van der Waals surface area contributed by atoms with Gasteiger partial charge in [-0.2, -0.15) is 0 Å². The largest absolute Gasteiger partial charge is 0.396 e. The molecule has 0 saturated carbocycles. The molecule has 0 aromatic heterocycles. The van der Waals surface area contributed by atoms with Gasteiger partial charge in [0.1, 0.15) is 0 Å². The van der Waals surface area contributed by atoms with Crippen molar-refractivity contribution >= 4 is 28.5 Å². The van der Waals surface area contributed by atoms with Crippen LogP contribution in [0.5, 0.6) is 0 Å². The van der Waals surface area contributed by atoms with Gasteiger partial charge in [-0.1, -0.05) is 78.5 Å². The van der Waals surface area contributed by atoms with Gasteiger partial charge < -0.3 is 5.11 Å². The summed E-state index contributed by atoms with van der Waals surface area (Å²) in [5.74, 6) is 2.23. The Morgan fingerprint density at radius 2 is 1.38 bits per heavy atom. The van der Waals surface area contributed by atoms with Crippen molar-refractivity contribution in [3.05, 3.63) is 72.6 Å². The van der Waals surface area contributed by atoms with Crippen LogP contribution in [-0.4, -0.2) is 11.7 Å². The lowest BCUT2D eigenvalue weighted by Crippen LogP contribution is -2.13. The third-order valence-corrected chi connectivity index (χ3v) is 7.77. The van der Waals surface area contributed by atoms with Crippen LogP contribution < -0.4 is 10.6 Å². The third-order valence-electron chi connectivity index (χ3n) is 3.37. The van der Waals surface area contributed by atoms with Gasteiger partial charge >= 0.3 is 0 Å². The number of unbranched alkanes of at least 4 members (excludes halogenated alkanes) is 2. The summed E-state index contributed by atoms with van der Waals surface area (Å²) in [4.78, 5) is 0. The first-order chi connectivity index (χ1) is 10.3. The molecule has 1 N–H and O–H groups in total. The molecular formula is C18H21OPS. The Balaban J connectivity index is 2.30. The van der Waals surface area contributed by atoms with E-state index in [4.69, 9.17) is 16.9 Å². The normalized spacial score (nSPS) is 11.9. The average molecular weight is 316 g/mol. The minimum Gasteiger partial charge on any atom is -0.396 e. The maximum absolute atomic E-state index is 8.84. The molecule has 0 aliphatic heterocycles. The van der Waals surface area contributed by atoms with E-state index < -0.39 is 6.04 Å². The Morgan fingerprint density at radius 1 is 0.857 bits per heavy atom. The Labute approximate surface area is 132 Å². The minimum absolute atomic E-state index is 0.263. The van der Waals surface area contributed by atoms with E-state index in [9.17, 15) is 0 Å².